The topological polar surface area (TPSA) is 30.5 Å². The summed E-state index contributed by atoms with van der Waals surface area (Å²) in [5.74, 6) is -0.256. The van der Waals surface area contributed by atoms with Crippen LogP contribution in [0.5, 0.6) is 0 Å². The molecule has 3 nitrogen and oxygen atoms in total. The smallest absolute Gasteiger partial charge is 0.127 e. The Morgan fingerprint density at radius 2 is 2.11 bits per heavy atom. The summed E-state index contributed by atoms with van der Waals surface area (Å²) in [5, 5.41) is 3.59. The van der Waals surface area contributed by atoms with Gasteiger partial charge in [-0.05, 0) is 37.6 Å². The predicted octanol–water partition coefficient (Wildman–Crippen LogP) is 2.66. The number of ether oxygens (including phenoxy) is 2. The predicted molar refractivity (Wildman–Crippen MR) is 75.3 cm³/mol. The summed E-state index contributed by atoms with van der Waals surface area (Å²) in [6.07, 6.45) is 1.44. The first-order valence-corrected chi connectivity index (χ1v) is 6.73. The molecule has 0 aliphatic rings. The van der Waals surface area contributed by atoms with Crippen LogP contribution in [0.1, 0.15) is 12.0 Å². The minimum absolute atomic E-state index is 0.179. The van der Waals surface area contributed by atoms with Gasteiger partial charge in [0.15, 0.2) is 0 Å². The highest BCUT2D eigenvalue weighted by atomic mass is 35.5. The Morgan fingerprint density at radius 3 is 2.74 bits per heavy atom. The molecule has 0 saturated heterocycles. The highest BCUT2D eigenvalue weighted by molar-refractivity contribution is 6.30. The van der Waals surface area contributed by atoms with Crippen LogP contribution in [0.2, 0.25) is 5.02 Å². The summed E-state index contributed by atoms with van der Waals surface area (Å²) in [7, 11) is 3.51. The average Bonchev–Trinajstić information content (AvgIpc) is 2.39. The van der Waals surface area contributed by atoms with E-state index in [4.69, 9.17) is 21.1 Å². The molecule has 1 aromatic rings. The van der Waals surface area contributed by atoms with E-state index in [9.17, 15) is 4.39 Å². The lowest BCUT2D eigenvalue weighted by atomic mass is 10.0. The summed E-state index contributed by atoms with van der Waals surface area (Å²) in [6, 6.07) is 4.96. The first-order valence-electron chi connectivity index (χ1n) is 6.35. The van der Waals surface area contributed by atoms with Crippen molar-refractivity contribution >= 4 is 11.6 Å². The van der Waals surface area contributed by atoms with Crippen molar-refractivity contribution in [1.82, 2.24) is 5.32 Å². The molecule has 0 radical (unpaired) electrons. The van der Waals surface area contributed by atoms with E-state index < -0.39 is 0 Å². The van der Waals surface area contributed by atoms with Gasteiger partial charge in [0.1, 0.15) is 5.82 Å². The average molecular weight is 290 g/mol. The summed E-state index contributed by atoms with van der Waals surface area (Å²) in [5.41, 5.74) is 0.667. The number of benzene rings is 1. The van der Waals surface area contributed by atoms with Gasteiger partial charge in [-0.3, -0.25) is 0 Å². The maximum atomic E-state index is 13.7. The Hall–Kier alpha value is -0.680. The first kappa shape index (κ1) is 16.4. The molecule has 0 saturated carbocycles. The molecule has 0 fully saturated rings. The standard InChI is InChI=1S/C14H21ClFNO2/c1-17-13(5-6-19-8-7-18-2)9-11-3-4-12(15)10-14(11)16/h3-4,10,13,17H,5-9H2,1-2H3. The molecule has 5 heteroatoms. The summed E-state index contributed by atoms with van der Waals surface area (Å²) >= 11 is 5.73. The third-order valence-electron chi connectivity index (χ3n) is 2.93. The fourth-order valence-corrected chi connectivity index (χ4v) is 1.93. The molecule has 0 aromatic heterocycles. The molecule has 0 aliphatic carbocycles. The third-order valence-corrected chi connectivity index (χ3v) is 3.17. The van der Waals surface area contributed by atoms with Gasteiger partial charge in [-0.1, -0.05) is 17.7 Å². The van der Waals surface area contributed by atoms with Crippen molar-refractivity contribution in [2.24, 2.45) is 0 Å². The van der Waals surface area contributed by atoms with Crippen LogP contribution >= 0.6 is 11.6 Å². The molecular formula is C14H21ClFNO2. The number of halogens is 2. The van der Waals surface area contributed by atoms with Gasteiger partial charge in [-0.15, -0.1) is 0 Å². The van der Waals surface area contributed by atoms with Gasteiger partial charge in [0.05, 0.1) is 13.2 Å². The van der Waals surface area contributed by atoms with Crippen molar-refractivity contribution < 1.29 is 13.9 Å². The molecule has 108 valence electrons. The quantitative estimate of drug-likeness (QED) is 0.709. The van der Waals surface area contributed by atoms with E-state index in [1.54, 1.807) is 19.2 Å². The van der Waals surface area contributed by atoms with Gasteiger partial charge in [0.2, 0.25) is 0 Å². The largest absolute Gasteiger partial charge is 0.382 e. The van der Waals surface area contributed by atoms with E-state index in [-0.39, 0.29) is 11.9 Å². The van der Waals surface area contributed by atoms with E-state index in [0.717, 1.165) is 6.42 Å². The second-order valence-electron chi connectivity index (χ2n) is 4.32. The lowest BCUT2D eigenvalue weighted by Gasteiger charge is -2.16. The Kier molecular flexibility index (Phi) is 7.98. The summed E-state index contributed by atoms with van der Waals surface area (Å²) in [6.45, 7) is 1.81. The molecule has 0 spiro atoms. The molecule has 1 unspecified atom stereocenters. The minimum atomic E-state index is -0.256. The molecule has 19 heavy (non-hydrogen) atoms. The number of rotatable bonds is 9. The fraction of sp³-hybridized carbons (Fsp3) is 0.571. The summed E-state index contributed by atoms with van der Waals surface area (Å²) in [4.78, 5) is 0. The maximum absolute atomic E-state index is 13.7. The Bertz CT molecular complexity index is 376. The van der Waals surface area contributed by atoms with Crippen LogP contribution in [0.15, 0.2) is 18.2 Å². The first-order chi connectivity index (χ1) is 9.17. The zero-order valence-electron chi connectivity index (χ0n) is 11.4. The van der Waals surface area contributed by atoms with Crippen LogP contribution in [0, 0.1) is 5.82 Å². The highest BCUT2D eigenvalue weighted by Crippen LogP contribution is 2.16. The summed E-state index contributed by atoms with van der Waals surface area (Å²) < 4.78 is 24.0. The second kappa shape index (κ2) is 9.26. The Labute approximate surface area is 119 Å². The molecule has 0 bridgehead atoms. The van der Waals surface area contributed by atoms with Gasteiger partial charge >= 0.3 is 0 Å². The van der Waals surface area contributed by atoms with E-state index in [1.165, 1.54) is 6.07 Å². The minimum Gasteiger partial charge on any atom is -0.382 e. The van der Waals surface area contributed by atoms with E-state index >= 15 is 0 Å². The van der Waals surface area contributed by atoms with Crippen molar-refractivity contribution in [1.29, 1.82) is 0 Å². The van der Waals surface area contributed by atoms with Crippen molar-refractivity contribution in [2.45, 2.75) is 18.9 Å². The van der Waals surface area contributed by atoms with Crippen molar-refractivity contribution in [3.05, 3.63) is 34.6 Å². The van der Waals surface area contributed by atoms with E-state index in [1.807, 2.05) is 7.05 Å². The van der Waals surface area contributed by atoms with Crippen LogP contribution in [0.25, 0.3) is 0 Å². The maximum Gasteiger partial charge on any atom is 0.127 e. The van der Waals surface area contributed by atoms with Gasteiger partial charge in [-0.2, -0.15) is 0 Å². The van der Waals surface area contributed by atoms with Gasteiger partial charge in [0.25, 0.3) is 0 Å². The second-order valence-corrected chi connectivity index (χ2v) is 4.76. The molecule has 1 N–H and O–H groups in total. The molecule has 0 amide bonds. The van der Waals surface area contributed by atoms with Crippen LogP contribution in [-0.4, -0.2) is 40.0 Å². The highest BCUT2D eigenvalue weighted by Gasteiger charge is 2.11. The van der Waals surface area contributed by atoms with Crippen LogP contribution in [0.4, 0.5) is 4.39 Å². The van der Waals surface area contributed by atoms with Crippen LogP contribution in [-0.2, 0) is 15.9 Å². The number of hydrogen-bond acceptors (Lipinski definition) is 3. The zero-order chi connectivity index (χ0) is 14.1. The third kappa shape index (κ3) is 6.34. The van der Waals surface area contributed by atoms with E-state index in [2.05, 4.69) is 5.32 Å². The molecule has 0 aliphatic heterocycles. The van der Waals surface area contributed by atoms with Crippen LogP contribution in [0.3, 0.4) is 0 Å². The number of nitrogens with one attached hydrogen (secondary N) is 1. The number of hydrogen-bond donors (Lipinski definition) is 1. The fourth-order valence-electron chi connectivity index (χ4n) is 1.77. The lowest BCUT2D eigenvalue weighted by molar-refractivity contribution is 0.0661. The van der Waals surface area contributed by atoms with Crippen molar-refractivity contribution in [3.8, 4) is 0 Å². The van der Waals surface area contributed by atoms with Gasteiger partial charge in [0, 0.05) is 24.8 Å². The van der Waals surface area contributed by atoms with Crippen molar-refractivity contribution in [3.63, 3.8) is 0 Å². The molecule has 0 heterocycles. The van der Waals surface area contributed by atoms with E-state index in [0.29, 0.717) is 36.8 Å². The number of methoxy groups -OCH3 is 1. The number of likely N-dealkylation sites (N-methyl/N-ethyl adjacent to an activating group) is 1. The molecule has 1 rings (SSSR count). The zero-order valence-corrected chi connectivity index (χ0v) is 12.2. The van der Waals surface area contributed by atoms with Crippen LogP contribution < -0.4 is 5.32 Å². The molecule has 1 aromatic carbocycles. The molecular weight excluding hydrogens is 269 g/mol. The molecule has 1 atom stereocenters. The normalized spacial score (nSPS) is 12.6. The van der Waals surface area contributed by atoms with Crippen molar-refractivity contribution in [2.75, 3.05) is 34.0 Å². The lowest BCUT2D eigenvalue weighted by Crippen LogP contribution is -2.29. The Morgan fingerprint density at radius 1 is 1.32 bits per heavy atom. The van der Waals surface area contributed by atoms with Gasteiger partial charge < -0.3 is 14.8 Å². The Balaban J connectivity index is 2.39. The monoisotopic (exact) mass is 289 g/mol. The SMILES string of the molecule is CNC(CCOCCOC)Cc1ccc(Cl)cc1F. The van der Waals surface area contributed by atoms with Gasteiger partial charge in [-0.25, -0.2) is 4.39 Å².